The highest BCUT2D eigenvalue weighted by Crippen LogP contribution is 2.30. The maximum atomic E-state index is 12.3. The highest BCUT2D eigenvalue weighted by atomic mass is 35.5. The molecule has 110 valence electrons. The molecule has 2 N–H and O–H groups in total. The molecule has 3 rings (SSSR count). The van der Waals surface area contributed by atoms with Gasteiger partial charge in [-0.05, 0) is 6.07 Å². The zero-order valence-electron chi connectivity index (χ0n) is 11.2. The smallest absolute Gasteiger partial charge is 0.264 e. The highest BCUT2D eigenvalue weighted by molar-refractivity contribution is 6.33. The zero-order chi connectivity index (χ0) is 14.8. The second-order valence-corrected chi connectivity index (χ2v) is 5.07. The first-order chi connectivity index (χ1) is 10.2. The van der Waals surface area contributed by atoms with Crippen LogP contribution in [0.5, 0.6) is 5.88 Å². The molecule has 0 bridgehead atoms. The van der Waals surface area contributed by atoms with Crippen LogP contribution in [0.2, 0.25) is 5.02 Å². The summed E-state index contributed by atoms with van der Waals surface area (Å²) in [4.78, 5) is 20.9. The molecule has 0 aliphatic carbocycles. The minimum absolute atomic E-state index is 0.0811. The molecule has 1 saturated heterocycles. The van der Waals surface area contributed by atoms with Crippen molar-refractivity contribution in [3.8, 4) is 17.0 Å². The Morgan fingerprint density at radius 1 is 1.29 bits per heavy atom. The molecule has 0 saturated carbocycles. The number of halogens is 1. The number of nitrogens with zero attached hydrogens (tertiary/aromatic N) is 2. The standard InChI is InChI=1S/C14H14ClN3O3/c15-10-4-2-1-3-9(10)11-12(19)16-14(17-13(11)20)18-5-7-21-8-6-18/h1-4H,5-8H2,(H2,16,17,19,20). The predicted molar refractivity (Wildman–Crippen MR) is 80.0 cm³/mol. The Kier molecular flexibility index (Phi) is 3.81. The van der Waals surface area contributed by atoms with Gasteiger partial charge in [-0.15, -0.1) is 0 Å². The third-order valence-corrected chi connectivity index (χ3v) is 3.67. The number of rotatable bonds is 2. The van der Waals surface area contributed by atoms with E-state index in [2.05, 4.69) is 9.97 Å². The molecular formula is C14H14ClN3O3. The topological polar surface area (TPSA) is 78.5 Å². The van der Waals surface area contributed by atoms with Crippen LogP contribution in [0.25, 0.3) is 11.1 Å². The van der Waals surface area contributed by atoms with Crippen molar-refractivity contribution >= 4 is 17.5 Å². The molecule has 1 aliphatic heterocycles. The van der Waals surface area contributed by atoms with Crippen LogP contribution in [-0.2, 0) is 4.74 Å². The molecule has 2 heterocycles. The van der Waals surface area contributed by atoms with Crippen LogP contribution >= 0.6 is 11.6 Å². The van der Waals surface area contributed by atoms with Crippen molar-refractivity contribution in [2.24, 2.45) is 0 Å². The van der Waals surface area contributed by atoms with Crippen molar-refractivity contribution in [2.45, 2.75) is 0 Å². The third kappa shape index (κ3) is 2.72. The van der Waals surface area contributed by atoms with Crippen LogP contribution in [0.1, 0.15) is 0 Å². The lowest BCUT2D eigenvalue weighted by Crippen LogP contribution is -2.38. The number of nitrogens with one attached hydrogen (secondary N) is 1. The quantitative estimate of drug-likeness (QED) is 0.881. The lowest BCUT2D eigenvalue weighted by atomic mass is 10.1. The second kappa shape index (κ2) is 5.75. The van der Waals surface area contributed by atoms with Gasteiger partial charge in [-0.3, -0.25) is 9.78 Å². The lowest BCUT2D eigenvalue weighted by molar-refractivity contribution is 0.122. The average Bonchev–Trinajstić information content (AvgIpc) is 2.49. The third-order valence-electron chi connectivity index (χ3n) is 3.34. The Bertz CT molecular complexity index is 711. The Balaban J connectivity index is 2.05. The largest absolute Gasteiger partial charge is 0.493 e. The Morgan fingerprint density at radius 2 is 2.00 bits per heavy atom. The summed E-state index contributed by atoms with van der Waals surface area (Å²) in [5.74, 6) is 0.0185. The molecular weight excluding hydrogens is 294 g/mol. The van der Waals surface area contributed by atoms with Crippen molar-refractivity contribution in [3.05, 3.63) is 39.6 Å². The van der Waals surface area contributed by atoms with Crippen LogP contribution in [0.3, 0.4) is 0 Å². The van der Waals surface area contributed by atoms with Gasteiger partial charge in [0.25, 0.3) is 5.56 Å². The number of ether oxygens (including phenoxy) is 1. The molecule has 0 atom stereocenters. The molecule has 2 aromatic rings. The fourth-order valence-electron chi connectivity index (χ4n) is 2.28. The van der Waals surface area contributed by atoms with Gasteiger partial charge in [0.1, 0.15) is 5.56 Å². The van der Waals surface area contributed by atoms with E-state index in [1.165, 1.54) is 0 Å². The molecule has 1 aliphatic rings. The van der Waals surface area contributed by atoms with Crippen LogP contribution in [0.15, 0.2) is 29.1 Å². The van der Waals surface area contributed by atoms with Crippen LogP contribution in [-0.4, -0.2) is 41.4 Å². The molecule has 1 aromatic carbocycles. The average molecular weight is 308 g/mol. The van der Waals surface area contributed by atoms with Gasteiger partial charge >= 0.3 is 0 Å². The number of morpholine rings is 1. The van der Waals surface area contributed by atoms with E-state index in [9.17, 15) is 9.90 Å². The molecule has 21 heavy (non-hydrogen) atoms. The van der Waals surface area contributed by atoms with Crippen molar-refractivity contribution in [3.63, 3.8) is 0 Å². The first-order valence-corrected chi connectivity index (χ1v) is 6.95. The van der Waals surface area contributed by atoms with E-state index in [4.69, 9.17) is 16.3 Å². The number of aromatic hydroxyl groups is 1. The highest BCUT2D eigenvalue weighted by Gasteiger charge is 2.19. The summed E-state index contributed by atoms with van der Waals surface area (Å²) in [5.41, 5.74) is 0.119. The van der Waals surface area contributed by atoms with Gasteiger partial charge < -0.3 is 14.7 Å². The number of hydrogen-bond donors (Lipinski definition) is 2. The van der Waals surface area contributed by atoms with E-state index >= 15 is 0 Å². The van der Waals surface area contributed by atoms with Crippen LogP contribution in [0.4, 0.5) is 5.95 Å². The number of H-pyrrole nitrogens is 1. The fourth-order valence-corrected chi connectivity index (χ4v) is 2.51. The Hall–Kier alpha value is -2.05. The van der Waals surface area contributed by atoms with E-state index in [0.29, 0.717) is 42.8 Å². The number of benzene rings is 1. The van der Waals surface area contributed by atoms with E-state index in [-0.39, 0.29) is 11.4 Å². The van der Waals surface area contributed by atoms with Gasteiger partial charge in [-0.1, -0.05) is 29.8 Å². The first kappa shape index (κ1) is 13.9. The maximum Gasteiger partial charge on any atom is 0.264 e. The summed E-state index contributed by atoms with van der Waals surface area (Å²) in [6.45, 7) is 2.37. The minimum Gasteiger partial charge on any atom is -0.493 e. The molecule has 0 spiro atoms. The maximum absolute atomic E-state index is 12.3. The fraction of sp³-hybridized carbons (Fsp3) is 0.286. The molecule has 0 radical (unpaired) electrons. The summed E-state index contributed by atoms with van der Waals surface area (Å²) in [7, 11) is 0. The number of anilines is 1. The molecule has 0 unspecified atom stereocenters. The minimum atomic E-state index is -0.419. The summed E-state index contributed by atoms with van der Waals surface area (Å²) in [6, 6.07) is 6.83. The van der Waals surface area contributed by atoms with E-state index in [1.54, 1.807) is 24.3 Å². The van der Waals surface area contributed by atoms with E-state index in [0.717, 1.165) is 0 Å². The van der Waals surface area contributed by atoms with E-state index < -0.39 is 5.56 Å². The monoisotopic (exact) mass is 307 g/mol. The van der Waals surface area contributed by atoms with Crippen LogP contribution in [0, 0.1) is 0 Å². The molecule has 6 nitrogen and oxygen atoms in total. The summed E-state index contributed by atoms with van der Waals surface area (Å²) in [6.07, 6.45) is 0. The molecule has 1 aromatic heterocycles. The van der Waals surface area contributed by atoms with Crippen molar-refractivity contribution in [1.29, 1.82) is 0 Å². The second-order valence-electron chi connectivity index (χ2n) is 4.67. The van der Waals surface area contributed by atoms with Crippen molar-refractivity contribution < 1.29 is 9.84 Å². The van der Waals surface area contributed by atoms with Gasteiger partial charge in [-0.2, -0.15) is 4.98 Å². The van der Waals surface area contributed by atoms with Crippen molar-refractivity contribution in [2.75, 3.05) is 31.2 Å². The number of hydrogen-bond acceptors (Lipinski definition) is 5. The van der Waals surface area contributed by atoms with Gasteiger partial charge in [-0.25, -0.2) is 0 Å². The Morgan fingerprint density at radius 3 is 2.67 bits per heavy atom. The predicted octanol–water partition coefficient (Wildman–Crippen LogP) is 1.63. The van der Waals surface area contributed by atoms with Gasteiger partial charge in [0, 0.05) is 23.7 Å². The van der Waals surface area contributed by atoms with Gasteiger partial charge in [0.15, 0.2) is 0 Å². The van der Waals surface area contributed by atoms with Gasteiger partial charge in [0.05, 0.1) is 13.2 Å². The summed E-state index contributed by atoms with van der Waals surface area (Å²) < 4.78 is 5.25. The summed E-state index contributed by atoms with van der Waals surface area (Å²) in [5, 5.41) is 10.5. The first-order valence-electron chi connectivity index (χ1n) is 6.57. The van der Waals surface area contributed by atoms with E-state index in [1.807, 2.05) is 4.90 Å². The van der Waals surface area contributed by atoms with Gasteiger partial charge in [0.2, 0.25) is 11.8 Å². The van der Waals surface area contributed by atoms with Crippen molar-refractivity contribution in [1.82, 2.24) is 9.97 Å². The molecule has 0 amide bonds. The Labute approximate surface area is 126 Å². The SMILES string of the molecule is O=c1[nH]c(N2CCOCC2)nc(O)c1-c1ccccc1Cl. The van der Waals surface area contributed by atoms with Crippen LogP contribution < -0.4 is 10.5 Å². The number of aromatic nitrogens is 2. The lowest BCUT2D eigenvalue weighted by Gasteiger charge is -2.27. The molecule has 7 heteroatoms. The normalized spacial score (nSPS) is 15.2. The molecule has 1 fully saturated rings. The zero-order valence-corrected chi connectivity index (χ0v) is 11.9. The number of aromatic amines is 1. The summed E-state index contributed by atoms with van der Waals surface area (Å²) >= 11 is 6.07.